The standard InChI is InChI=1S/C18H17NO3/c1-13-16(18(20)21-12-14-8-4-2-5-9-14)19-17(22-13)15-10-6-3-7-11-15/h2-11,13,16H,12H2,1H3/t13-,16+/m0/s1. The zero-order valence-electron chi connectivity index (χ0n) is 12.3. The van der Waals surface area contributed by atoms with Crippen LogP contribution >= 0.6 is 0 Å². The fraction of sp³-hybridized carbons (Fsp3) is 0.222. The molecule has 0 aliphatic carbocycles. The zero-order chi connectivity index (χ0) is 15.4. The monoisotopic (exact) mass is 295 g/mol. The number of rotatable bonds is 4. The maximum atomic E-state index is 12.2. The first kappa shape index (κ1) is 14.3. The van der Waals surface area contributed by atoms with Crippen molar-refractivity contribution in [3.05, 3.63) is 71.8 Å². The lowest BCUT2D eigenvalue weighted by Crippen LogP contribution is -2.29. The van der Waals surface area contributed by atoms with Gasteiger partial charge < -0.3 is 9.47 Å². The molecule has 1 aliphatic heterocycles. The van der Waals surface area contributed by atoms with Gasteiger partial charge in [0.05, 0.1) is 0 Å². The molecule has 2 atom stereocenters. The molecule has 0 bridgehead atoms. The Morgan fingerprint density at radius 2 is 1.73 bits per heavy atom. The van der Waals surface area contributed by atoms with Gasteiger partial charge in [-0.2, -0.15) is 0 Å². The fourth-order valence-electron chi connectivity index (χ4n) is 2.28. The maximum absolute atomic E-state index is 12.2. The van der Waals surface area contributed by atoms with Crippen molar-refractivity contribution in [2.45, 2.75) is 25.7 Å². The molecular formula is C18H17NO3. The molecule has 4 nitrogen and oxygen atoms in total. The first-order valence-electron chi connectivity index (χ1n) is 7.24. The minimum atomic E-state index is -0.612. The Kier molecular flexibility index (Phi) is 4.19. The van der Waals surface area contributed by atoms with Crippen molar-refractivity contribution in [1.82, 2.24) is 0 Å². The number of carbonyl (C=O) groups excluding carboxylic acids is 1. The molecule has 0 unspecified atom stereocenters. The van der Waals surface area contributed by atoms with E-state index in [0.717, 1.165) is 11.1 Å². The number of hydrogen-bond donors (Lipinski definition) is 0. The van der Waals surface area contributed by atoms with Crippen LogP contribution in [0.3, 0.4) is 0 Å². The number of hydrogen-bond acceptors (Lipinski definition) is 4. The third-order valence-corrected chi connectivity index (χ3v) is 3.48. The summed E-state index contributed by atoms with van der Waals surface area (Å²) in [4.78, 5) is 16.6. The van der Waals surface area contributed by atoms with Crippen molar-refractivity contribution < 1.29 is 14.3 Å². The van der Waals surface area contributed by atoms with E-state index in [1.165, 1.54) is 0 Å². The van der Waals surface area contributed by atoms with Crippen LogP contribution in [-0.4, -0.2) is 24.0 Å². The molecule has 0 saturated carbocycles. The zero-order valence-corrected chi connectivity index (χ0v) is 12.3. The van der Waals surface area contributed by atoms with E-state index in [-0.39, 0.29) is 18.7 Å². The summed E-state index contributed by atoms with van der Waals surface area (Å²) < 4.78 is 11.0. The Morgan fingerprint density at radius 3 is 2.41 bits per heavy atom. The molecular weight excluding hydrogens is 278 g/mol. The molecule has 1 aliphatic rings. The molecule has 0 radical (unpaired) electrons. The summed E-state index contributed by atoms with van der Waals surface area (Å²) in [7, 11) is 0. The molecule has 0 spiro atoms. The predicted octanol–water partition coefficient (Wildman–Crippen LogP) is 2.96. The highest BCUT2D eigenvalue weighted by atomic mass is 16.5. The summed E-state index contributed by atoms with van der Waals surface area (Å²) in [6.07, 6.45) is -0.321. The molecule has 22 heavy (non-hydrogen) atoms. The number of ether oxygens (including phenoxy) is 2. The lowest BCUT2D eigenvalue weighted by molar-refractivity contribution is -0.147. The van der Waals surface area contributed by atoms with Gasteiger partial charge >= 0.3 is 5.97 Å². The smallest absolute Gasteiger partial charge is 0.335 e. The first-order valence-corrected chi connectivity index (χ1v) is 7.24. The lowest BCUT2D eigenvalue weighted by Gasteiger charge is -2.12. The van der Waals surface area contributed by atoms with E-state index in [1.54, 1.807) is 0 Å². The number of benzene rings is 2. The highest BCUT2D eigenvalue weighted by molar-refractivity contribution is 5.97. The fourth-order valence-corrected chi connectivity index (χ4v) is 2.28. The third kappa shape index (κ3) is 3.17. The van der Waals surface area contributed by atoms with E-state index < -0.39 is 6.04 Å². The lowest BCUT2D eigenvalue weighted by atomic mass is 10.2. The average Bonchev–Trinajstić information content (AvgIpc) is 2.96. The van der Waals surface area contributed by atoms with Gasteiger partial charge in [-0.3, -0.25) is 0 Å². The van der Waals surface area contributed by atoms with E-state index >= 15 is 0 Å². The molecule has 2 aromatic rings. The van der Waals surface area contributed by atoms with Crippen LogP contribution in [0.4, 0.5) is 0 Å². The van der Waals surface area contributed by atoms with Crippen LogP contribution in [0, 0.1) is 0 Å². The molecule has 0 N–H and O–H groups in total. The number of aliphatic imine (C=N–C) groups is 1. The van der Waals surface area contributed by atoms with Crippen LogP contribution in [0.15, 0.2) is 65.7 Å². The minimum Gasteiger partial charge on any atom is -0.472 e. The maximum Gasteiger partial charge on any atom is 0.335 e. The SMILES string of the molecule is C[C@@H]1OC(c2ccccc2)=N[C@H]1C(=O)OCc1ccccc1. The summed E-state index contributed by atoms with van der Waals surface area (Å²) in [6, 6.07) is 18.5. The summed E-state index contributed by atoms with van der Waals surface area (Å²) >= 11 is 0. The Hall–Kier alpha value is -2.62. The highest BCUT2D eigenvalue weighted by Gasteiger charge is 2.34. The largest absolute Gasteiger partial charge is 0.472 e. The summed E-state index contributed by atoms with van der Waals surface area (Å²) in [6.45, 7) is 2.08. The topological polar surface area (TPSA) is 47.9 Å². The Balaban J connectivity index is 1.66. The van der Waals surface area contributed by atoms with Crippen molar-refractivity contribution in [2.24, 2.45) is 4.99 Å². The van der Waals surface area contributed by atoms with E-state index in [2.05, 4.69) is 4.99 Å². The molecule has 0 aromatic heterocycles. The van der Waals surface area contributed by atoms with Gasteiger partial charge in [0.15, 0.2) is 6.04 Å². The molecule has 0 amide bonds. The minimum absolute atomic E-state index is 0.249. The second kappa shape index (κ2) is 6.43. The normalized spacial score (nSPS) is 20.1. The van der Waals surface area contributed by atoms with Crippen molar-refractivity contribution in [1.29, 1.82) is 0 Å². The van der Waals surface area contributed by atoms with Gasteiger partial charge in [-0.15, -0.1) is 0 Å². The summed E-state index contributed by atoms with van der Waals surface area (Å²) in [5.41, 5.74) is 1.82. The van der Waals surface area contributed by atoms with Gasteiger partial charge in [-0.05, 0) is 24.6 Å². The third-order valence-electron chi connectivity index (χ3n) is 3.48. The molecule has 1 heterocycles. The molecule has 0 saturated heterocycles. The second-order valence-electron chi connectivity index (χ2n) is 5.16. The van der Waals surface area contributed by atoms with Crippen molar-refractivity contribution >= 4 is 11.9 Å². The van der Waals surface area contributed by atoms with Gasteiger partial charge in [0.1, 0.15) is 12.7 Å². The highest BCUT2D eigenvalue weighted by Crippen LogP contribution is 2.19. The van der Waals surface area contributed by atoms with Crippen molar-refractivity contribution in [3.8, 4) is 0 Å². The Labute approximate surface area is 129 Å². The van der Waals surface area contributed by atoms with E-state index in [0.29, 0.717) is 5.90 Å². The van der Waals surface area contributed by atoms with Crippen LogP contribution in [0.25, 0.3) is 0 Å². The van der Waals surface area contributed by atoms with E-state index in [9.17, 15) is 4.79 Å². The molecule has 3 rings (SSSR count). The van der Waals surface area contributed by atoms with Gasteiger partial charge in [-0.25, -0.2) is 9.79 Å². The molecule has 4 heteroatoms. The average molecular weight is 295 g/mol. The second-order valence-corrected chi connectivity index (χ2v) is 5.16. The molecule has 112 valence electrons. The van der Waals surface area contributed by atoms with Gasteiger partial charge in [0.2, 0.25) is 5.90 Å². The van der Waals surface area contributed by atoms with Crippen molar-refractivity contribution in [3.63, 3.8) is 0 Å². The van der Waals surface area contributed by atoms with Crippen LogP contribution in [0.1, 0.15) is 18.1 Å². The first-order chi connectivity index (χ1) is 10.7. The Bertz CT molecular complexity index is 667. The predicted molar refractivity (Wildman–Crippen MR) is 83.6 cm³/mol. The molecule has 2 aromatic carbocycles. The van der Waals surface area contributed by atoms with Crippen molar-refractivity contribution in [2.75, 3.05) is 0 Å². The number of nitrogens with zero attached hydrogens (tertiary/aromatic N) is 1. The number of esters is 1. The van der Waals surface area contributed by atoms with E-state index in [4.69, 9.17) is 9.47 Å². The quantitative estimate of drug-likeness (QED) is 0.815. The van der Waals surface area contributed by atoms with Gasteiger partial charge in [0.25, 0.3) is 0 Å². The van der Waals surface area contributed by atoms with Gasteiger partial charge in [-0.1, -0.05) is 48.5 Å². The van der Waals surface area contributed by atoms with Crippen LogP contribution in [0.2, 0.25) is 0 Å². The van der Waals surface area contributed by atoms with Crippen LogP contribution in [0.5, 0.6) is 0 Å². The number of carbonyl (C=O) groups is 1. The van der Waals surface area contributed by atoms with Gasteiger partial charge in [0, 0.05) is 5.56 Å². The Morgan fingerprint density at radius 1 is 1.09 bits per heavy atom. The van der Waals surface area contributed by atoms with Crippen LogP contribution < -0.4 is 0 Å². The summed E-state index contributed by atoms with van der Waals surface area (Å²) in [5, 5.41) is 0. The van der Waals surface area contributed by atoms with Crippen LogP contribution in [-0.2, 0) is 20.9 Å². The van der Waals surface area contributed by atoms with E-state index in [1.807, 2.05) is 67.6 Å². The molecule has 0 fully saturated rings. The summed E-state index contributed by atoms with van der Waals surface area (Å²) in [5.74, 6) is 0.136.